The van der Waals surface area contributed by atoms with Gasteiger partial charge in [-0.05, 0) is 67.3 Å². The molecule has 1 nitrogen and oxygen atoms in total. The van der Waals surface area contributed by atoms with E-state index in [9.17, 15) is 0 Å². The molecule has 98 valence electrons. The standard InChI is InChI=1S/C15H14BrNS2/c1-2-17-14(10-6-7-18-8-10)12-9-19-15-11(12)4-3-5-13(15)16/h3-9,14,17H,2H2,1H3. The van der Waals surface area contributed by atoms with Crippen LogP contribution in [0.5, 0.6) is 0 Å². The molecule has 0 aliphatic rings. The lowest BCUT2D eigenvalue weighted by molar-refractivity contribution is 0.637. The Labute approximate surface area is 129 Å². The topological polar surface area (TPSA) is 12.0 Å². The van der Waals surface area contributed by atoms with E-state index in [1.807, 2.05) is 11.3 Å². The highest BCUT2D eigenvalue weighted by Gasteiger charge is 2.18. The van der Waals surface area contributed by atoms with Gasteiger partial charge in [-0.2, -0.15) is 11.3 Å². The van der Waals surface area contributed by atoms with Crippen LogP contribution in [-0.4, -0.2) is 6.54 Å². The summed E-state index contributed by atoms with van der Waals surface area (Å²) in [7, 11) is 0. The fourth-order valence-corrected chi connectivity index (χ4v) is 4.65. The Hall–Kier alpha value is -0.680. The van der Waals surface area contributed by atoms with Crippen LogP contribution < -0.4 is 5.32 Å². The number of rotatable bonds is 4. The maximum absolute atomic E-state index is 3.64. The summed E-state index contributed by atoms with van der Waals surface area (Å²) in [5.74, 6) is 0. The van der Waals surface area contributed by atoms with Crippen LogP contribution in [0.15, 0.2) is 44.9 Å². The summed E-state index contributed by atoms with van der Waals surface area (Å²) in [5.41, 5.74) is 2.73. The van der Waals surface area contributed by atoms with Crippen molar-refractivity contribution in [2.24, 2.45) is 0 Å². The summed E-state index contributed by atoms with van der Waals surface area (Å²) in [6, 6.07) is 8.93. The van der Waals surface area contributed by atoms with Gasteiger partial charge in [0.2, 0.25) is 0 Å². The van der Waals surface area contributed by atoms with E-state index >= 15 is 0 Å². The second-order valence-electron chi connectivity index (χ2n) is 4.35. The number of halogens is 1. The van der Waals surface area contributed by atoms with Crippen LogP contribution in [0, 0.1) is 0 Å². The zero-order chi connectivity index (χ0) is 13.2. The molecule has 2 aromatic heterocycles. The van der Waals surface area contributed by atoms with Gasteiger partial charge in [-0.1, -0.05) is 19.1 Å². The first-order chi connectivity index (χ1) is 9.31. The predicted octanol–water partition coefficient (Wildman–Crippen LogP) is 5.42. The Morgan fingerprint density at radius 1 is 1.26 bits per heavy atom. The molecule has 0 amide bonds. The molecule has 0 aliphatic heterocycles. The van der Waals surface area contributed by atoms with Gasteiger partial charge in [0, 0.05) is 9.17 Å². The quantitative estimate of drug-likeness (QED) is 0.661. The van der Waals surface area contributed by atoms with Crippen molar-refractivity contribution in [1.82, 2.24) is 5.32 Å². The summed E-state index contributed by atoms with van der Waals surface area (Å²) in [5, 5.41) is 11.6. The lowest BCUT2D eigenvalue weighted by Crippen LogP contribution is -2.21. The number of hydrogen-bond acceptors (Lipinski definition) is 3. The number of fused-ring (bicyclic) bond motifs is 1. The first-order valence-corrected chi connectivity index (χ1v) is 8.84. The van der Waals surface area contributed by atoms with Crippen molar-refractivity contribution < 1.29 is 0 Å². The van der Waals surface area contributed by atoms with Gasteiger partial charge in [-0.25, -0.2) is 0 Å². The minimum atomic E-state index is 0.291. The van der Waals surface area contributed by atoms with Crippen LogP contribution in [0.25, 0.3) is 10.1 Å². The van der Waals surface area contributed by atoms with Gasteiger partial charge in [0.1, 0.15) is 0 Å². The average molecular weight is 352 g/mol. The van der Waals surface area contributed by atoms with E-state index in [4.69, 9.17) is 0 Å². The van der Waals surface area contributed by atoms with E-state index < -0.39 is 0 Å². The third-order valence-electron chi connectivity index (χ3n) is 3.18. The molecule has 0 saturated carbocycles. The molecule has 3 rings (SSSR count). The van der Waals surface area contributed by atoms with Crippen LogP contribution in [0.4, 0.5) is 0 Å². The number of nitrogens with one attached hydrogen (secondary N) is 1. The van der Waals surface area contributed by atoms with Gasteiger partial charge < -0.3 is 5.32 Å². The summed E-state index contributed by atoms with van der Waals surface area (Å²) < 4.78 is 2.51. The fraction of sp³-hybridized carbons (Fsp3) is 0.200. The van der Waals surface area contributed by atoms with Crippen LogP contribution in [0.1, 0.15) is 24.1 Å². The molecule has 3 aromatic rings. The Morgan fingerprint density at radius 2 is 2.16 bits per heavy atom. The highest BCUT2D eigenvalue weighted by Crippen LogP contribution is 2.37. The van der Waals surface area contributed by atoms with Crippen molar-refractivity contribution in [2.75, 3.05) is 6.54 Å². The van der Waals surface area contributed by atoms with Gasteiger partial charge in [0.25, 0.3) is 0 Å². The summed E-state index contributed by atoms with van der Waals surface area (Å²) in [6.07, 6.45) is 0. The molecule has 0 bridgehead atoms. The molecular formula is C15H14BrNS2. The van der Waals surface area contributed by atoms with E-state index in [1.54, 1.807) is 11.3 Å². The summed E-state index contributed by atoms with van der Waals surface area (Å²) in [6.45, 7) is 3.12. The maximum atomic E-state index is 3.64. The smallest absolute Gasteiger partial charge is 0.0599 e. The molecule has 1 unspecified atom stereocenters. The molecule has 0 fully saturated rings. The van der Waals surface area contributed by atoms with Crippen LogP contribution in [0.2, 0.25) is 0 Å². The lowest BCUT2D eigenvalue weighted by Gasteiger charge is -2.16. The first kappa shape index (κ1) is 13.3. The zero-order valence-corrected chi connectivity index (χ0v) is 13.7. The maximum Gasteiger partial charge on any atom is 0.0599 e. The molecule has 2 heterocycles. The highest BCUT2D eigenvalue weighted by molar-refractivity contribution is 9.10. The fourth-order valence-electron chi connectivity index (χ4n) is 2.32. The Kier molecular flexibility index (Phi) is 4.03. The molecule has 1 aromatic carbocycles. The molecule has 0 spiro atoms. The molecule has 1 N–H and O–H groups in total. The number of benzene rings is 1. The summed E-state index contributed by atoms with van der Waals surface area (Å²) in [4.78, 5) is 0. The Balaban J connectivity index is 2.13. The van der Waals surface area contributed by atoms with Crippen molar-refractivity contribution in [3.8, 4) is 0 Å². The molecule has 19 heavy (non-hydrogen) atoms. The highest BCUT2D eigenvalue weighted by atomic mass is 79.9. The van der Waals surface area contributed by atoms with Gasteiger partial charge >= 0.3 is 0 Å². The normalized spacial score (nSPS) is 12.9. The van der Waals surface area contributed by atoms with Crippen LogP contribution in [-0.2, 0) is 0 Å². The average Bonchev–Trinajstić information content (AvgIpc) is 3.06. The van der Waals surface area contributed by atoms with Crippen molar-refractivity contribution in [3.63, 3.8) is 0 Å². The Bertz CT molecular complexity index is 673. The van der Waals surface area contributed by atoms with Gasteiger partial charge in [0.15, 0.2) is 0 Å². The van der Waals surface area contributed by atoms with E-state index in [1.165, 1.54) is 25.7 Å². The number of thiophene rings is 2. The zero-order valence-electron chi connectivity index (χ0n) is 10.5. The van der Waals surface area contributed by atoms with Crippen molar-refractivity contribution in [1.29, 1.82) is 0 Å². The predicted molar refractivity (Wildman–Crippen MR) is 89.4 cm³/mol. The van der Waals surface area contributed by atoms with E-state index in [0.29, 0.717) is 6.04 Å². The number of hydrogen-bond donors (Lipinski definition) is 1. The van der Waals surface area contributed by atoms with Crippen molar-refractivity contribution in [3.05, 3.63) is 56.0 Å². The van der Waals surface area contributed by atoms with Crippen LogP contribution in [0.3, 0.4) is 0 Å². The van der Waals surface area contributed by atoms with Crippen LogP contribution >= 0.6 is 38.6 Å². The largest absolute Gasteiger partial charge is 0.306 e. The van der Waals surface area contributed by atoms with E-state index in [2.05, 4.69) is 68.6 Å². The third-order valence-corrected chi connectivity index (χ3v) is 5.85. The summed E-state index contributed by atoms with van der Waals surface area (Å²) >= 11 is 7.20. The second-order valence-corrected chi connectivity index (χ2v) is 6.87. The lowest BCUT2D eigenvalue weighted by atomic mass is 10.0. The molecule has 0 aliphatic carbocycles. The van der Waals surface area contributed by atoms with Gasteiger partial charge in [-0.3, -0.25) is 0 Å². The van der Waals surface area contributed by atoms with Gasteiger partial charge in [0.05, 0.1) is 6.04 Å². The minimum Gasteiger partial charge on any atom is -0.306 e. The second kappa shape index (κ2) is 5.75. The monoisotopic (exact) mass is 351 g/mol. The van der Waals surface area contributed by atoms with Gasteiger partial charge in [-0.15, -0.1) is 11.3 Å². The van der Waals surface area contributed by atoms with Crippen molar-refractivity contribution in [2.45, 2.75) is 13.0 Å². The minimum absolute atomic E-state index is 0.291. The molecule has 4 heteroatoms. The van der Waals surface area contributed by atoms with E-state index in [0.717, 1.165) is 6.54 Å². The Morgan fingerprint density at radius 3 is 2.89 bits per heavy atom. The third kappa shape index (κ3) is 2.50. The first-order valence-electron chi connectivity index (χ1n) is 6.22. The molecule has 1 atom stereocenters. The van der Waals surface area contributed by atoms with Crippen molar-refractivity contribution >= 4 is 48.7 Å². The molecular weight excluding hydrogens is 338 g/mol. The molecule has 0 radical (unpaired) electrons. The molecule has 0 saturated heterocycles. The van der Waals surface area contributed by atoms with E-state index in [-0.39, 0.29) is 0 Å². The SMILES string of the molecule is CCNC(c1ccsc1)c1csc2c(Br)cccc12.